The van der Waals surface area contributed by atoms with Gasteiger partial charge < -0.3 is 9.47 Å². The van der Waals surface area contributed by atoms with E-state index in [1.54, 1.807) is 25.3 Å². The maximum atomic E-state index is 11.1. The van der Waals surface area contributed by atoms with E-state index in [4.69, 9.17) is 9.47 Å². The summed E-state index contributed by atoms with van der Waals surface area (Å²) in [6.45, 7) is 0.431. The van der Waals surface area contributed by atoms with E-state index in [1.807, 2.05) is 54.6 Å². The molecule has 3 aromatic carbocycles. The average molecular weight is 461 g/mol. The van der Waals surface area contributed by atoms with E-state index in [2.05, 4.69) is 14.7 Å². The molecule has 0 aliphatic carbocycles. The molecule has 1 N–H and O–H groups in total. The van der Waals surface area contributed by atoms with Crippen molar-refractivity contribution < 1.29 is 14.4 Å². The van der Waals surface area contributed by atoms with Gasteiger partial charge >= 0.3 is 0 Å². The van der Waals surface area contributed by atoms with Gasteiger partial charge in [-0.25, -0.2) is 4.98 Å². The van der Waals surface area contributed by atoms with Crippen LogP contribution in [0, 0.1) is 10.1 Å². The Hall–Kier alpha value is -3.95. The second kappa shape index (κ2) is 10.6. The molecule has 4 aromatic rings. The maximum Gasteiger partial charge on any atom is 0.270 e. The Labute approximate surface area is 194 Å². The lowest BCUT2D eigenvalue weighted by Gasteiger charge is -2.12. The molecule has 9 heteroatoms. The van der Waals surface area contributed by atoms with Crippen LogP contribution in [0.25, 0.3) is 11.3 Å². The Morgan fingerprint density at radius 2 is 1.76 bits per heavy atom. The van der Waals surface area contributed by atoms with Gasteiger partial charge in [-0.3, -0.25) is 14.8 Å². The van der Waals surface area contributed by atoms with E-state index in [0.29, 0.717) is 34.8 Å². The summed E-state index contributed by atoms with van der Waals surface area (Å²) in [4.78, 5) is 20.4. The Morgan fingerprint density at radius 3 is 2.55 bits per heavy atom. The van der Waals surface area contributed by atoms with Gasteiger partial charge in [0.15, 0.2) is 0 Å². The number of aromatic nitrogens is 2. The minimum absolute atomic E-state index is 0.0121. The molecule has 0 saturated heterocycles. The number of hydrogen-bond donors (Lipinski definition) is 1. The first-order chi connectivity index (χ1) is 16.1. The largest absolute Gasteiger partial charge is 0.439 e. The predicted molar refractivity (Wildman–Crippen MR) is 127 cm³/mol. The summed E-state index contributed by atoms with van der Waals surface area (Å²) in [6, 6.07) is 25.2. The maximum absolute atomic E-state index is 11.1. The molecule has 0 spiro atoms. The average Bonchev–Trinajstić information content (AvgIpc) is 2.84. The molecule has 1 aromatic heterocycles. The smallest absolute Gasteiger partial charge is 0.270 e. The lowest BCUT2D eigenvalue weighted by molar-refractivity contribution is -0.385. The topological polar surface area (TPSA) is 99.4 Å². The first kappa shape index (κ1) is 22.3. The van der Waals surface area contributed by atoms with Gasteiger partial charge in [0.1, 0.15) is 5.75 Å². The van der Waals surface area contributed by atoms with Gasteiger partial charge in [0.25, 0.3) is 5.69 Å². The van der Waals surface area contributed by atoms with Crippen LogP contribution in [0.3, 0.4) is 0 Å². The lowest BCUT2D eigenvalue weighted by Crippen LogP contribution is -2.01. The van der Waals surface area contributed by atoms with Gasteiger partial charge in [0.05, 0.1) is 17.2 Å². The van der Waals surface area contributed by atoms with Crippen molar-refractivity contribution in [3.05, 3.63) is 101 Å². The molecule has 0 atom stereocenters. The Bertz CT molecular complexity index is 1250. The highest BCUT2D eigenvalue weighted by Crippen LogP contribution is 2.30. The highest BCUT2D eigenvalue weighted by Gasteiger charge is 2.13. The normalized spacial score (nSPS) is 10.6. The van der Waals surface area contributed by atoms with Gasteiger partial charge in [0, 0.05) is 35.8 Å². The number of hydrogen-bond acceptors (Lipinski definition) is 8. The zero-order valence-corrected chi connectivity index (χ0v) is 18.5. The second-order valence-electron chi connectivity index (χ2n) is 6.88. The summed E-state index contributed by atoms with van der Waals surface area (Å²) in [5.74, 6) is 1.31. The van der Waals surface area contributed by atoms with Crippen molar-refractivity contribution >= 4 is 23.6 Å². The molecule has 0 aliphatic rings. The summed E-state index contributed by atoms with van der Waals surface area (Å²) in [7, 11) is 1.64. The van der Waals surface area contributed by atoms with Crippen molar-refractivity contribution in [1.29, 1.82) is 0 Å². The van der Waals surface area contributed by atoms with Crippen molar-refractivity contribution in [2.24, 2.45) is 0 Å². The number of para-hydroxylation sites is 1. The van der Waals surface area contributed by atoms with Crippen molar-refractivity contribution in [1.82, 2.24) is 9.97 Å². The van der Waals surface area contributed by atoms with E-state index in [9.17, 15) is 10.1 Å². The fourth-order valence-corrected chi connectivity index (χ4v) is 3.71. The van der Waals surface area contributed by atoms with Crippen LogP contribution < -0.4 is 9.46 Å². The monoisotopic (exact) mass is 460 g/mol. The highest BCUT2D eigenvalue weighted by atomic mass is 32.2. The molecular weight excluding hydrogens is 440 g/mol. The third-order valence-corrected chi connectivity index (χ3v) is 5.32. The third-order valence-electron chi connectivity index (χ3n) is 4.55. The molecule has 0 amide bonds. The Morgan fingerprint density at radius 1 is 0.970 bits per heavy atom. The summed E-state index contributed by atoms with van der Waals surface area (Å²) in [5, 5.41) is 11.1. The fraction of sp³-hybridized carbons (Fsp3) is 0.0833. The van der Waals surface area contributed by atoms with Gasteiger partial charge in [-0.15, -0.1) is 0 Å². The van der Waals surface area contributed by atoms with E-state index >= 15 is 0 Å². The lowest BCUT2D eigenvalue weighted by atomic mass is 10.1. The van der Waals surface area contributed by atoms with Crippen molar-refractivity contribution in [2.45, 2.75) is 11.5 Å². The number of nitrogens with one attached hydrogen (secondary N) is 1. The van der Waals surface area contributed by atoms with Gasteiger partial charge in [-0.1, -0.05) is 48.5 Å². The van der Waals surface area contributed by atoms with Crippen LogP contribution in [0.2, 0.25) is 0 Å². The van der Waals surface area contributed by atoms with Gasteiger partial charge in [0.2, 0.25) is 11.8 Å². The minimum Gasteiger partial charge on any atom is -0.439 e. The number of nitrogens with zero attached hydrogens (tertiary/aromatic N) is 3. The molecule has 0 saturated carbocycles. The van der Waals surface area contributed by atoms with Gasteiger partial charge in [-0.05, 0) is 35.7 Å². The number of ether oxygens (including phenoxy) is 2. The Balaban J connectivity index is 1.67. The molecule has 166 valence electrons. The highest BCUT2D eigenvalue weighted by molar-refractivity contribution is 8.00. The molecular formula is C24H20N4O4S. The van der Waals surface area contributed by atoms with E-state index < -0.39 is 4.92 Å². The van der Waals surface area contributed by atoms with Crippen LogP contribution >= 0.6 is 11.9 Å². The Kier molecular flexibility index (Phi) is 7.13. The summed E-state index contributed by atoms with van der Waals surface area (Å²) in [5.41, 5.74) is 2.54. The third kappa shape index (κ3) is 5.85. The SMILES string of the molecule is COCc1ccccc1-c1cc(Oc2ccccc2)nc(NSc2cccc([N+](=O)[O-])c2)n1. The summed E-state index contributed by atoms with van der Waals surface area (Å²) < 4.78 is 14.4. The van der Waals surface area contributed by atoms with E-state index in [1.165, 1.54) is 24.1 Å². The number of methoxy groups -OCH3 is 1. The standard InChI is InChI=1S/C24H20N4O4S/c1-31-16-17-8-5-6-13-21(17)22-15-23(32-19-10-3-2-4-11-19)26-24(25-22)27-33-20-12-7-9-18(14-20)28(29)30/h2-15H,16H2,1H3,(H,25,26,27). The molecule has 4 rings (SSSR count). The number of rotatable bonds is 9. The number of nitro groups is 1. The van der Waals surface area contributed by atoms with Crippen LogP contribution in [-0.4, -0.2) is 22.0 Å². The van der Waals surface area contributed by atoms with E-state index in [0.717, 1.165) is 11.1 Å². The van der Waals surface area contributed by atoms with Crippen LogP contribution in [0.15, 0.2) is 89.8 Å². The van der Waals surface area contributed by atoms with Crippen LogP contribution in [0.4, 0.5) is 11.6 Å². The van der Waals surface area contributed by atoms with Crippen molar-refractivity contribution in [3.63, 3.8) is 0 Å². The predicted octanol–water partition coefficient (Wildman–Crippen LogP) is 6.11. The van der Waals surface area contributed by atoms with Crippen molar-refractivity contribution in [3.8, 4) is 22.9 Å². The second-order valence-corrected chi connectivity index (χ2v) is 7.76. The first-order valence-corrected chi connectivity index (χ1v) is 10.8. The molecule has 0 fully saturated rings. The summed E-state index contributed by atoms with van der Waals surface area (Å²) in [6.07, 6.45) is 0. The van der Waals surface area contributed by atoms with Gasteiger partial charge in [-0.2, -0.15) is 4.98 Å². The summed E-state index contributed by atoms with van der Waals surface area (Å²) >= 11 is 1.18. The molecule has 1 heterocycles. The minimum atomic E-state index is -0.431. The molecule has 8 nitrogen and oxygen atoms in total. The molecule has 33 heavy (non-hydrogen) atoms. The zero-order chi connectivity index (χ0) is 23.0. The van der Waals surface area contributed by atoms with E-state index in [-0.39, 0.29) is 5.69 Å². The fourth-order valence-electron chi connectivity index (χ4n) is 3.09. The van der Waals surface area contributed by atoms with Crippen LogP contribution in [0.1, 0.15) is 5.56 Å². The number of non-ortho nitro benzene ring substituents is 1. The van der Waals surface area contributed by atoms with Crippen molar-refractivity contribution in [2.75, 3.05) is 11.8 Å². The molecule has 0 bridgehead atoms. The quantitative estimate of drug-likeness (QED) is 0.181. The zero-order valence-electron chi connectivity index (χ0n) is 17.7. The number of anilines is 1. The molecule has 0 unspecified atom stereocenters. The molecule has 0 aliphatic heterocycles. The number of nitro benzene ring substituents is 1. The van der Waals surface area contributed by atoms with Crippen LogP contribution in [-0.2, 0) is 11.3 Å². The first-order valence-electron chi connectivity index (χ1n) is 9.99. The molecule has 0 radical (unpaired) electrons. The van der Waals surface area contributed by atoms with Crippen LogP contribution in [0.5, 0.6) is 11.6 Å². The number of benzene rings is 3.